The van der Waals surface area contributed by atoms with Crippen LogP contribution in [-0.2, 0) is 6.42 Å². The molecule has 0 saturated carbocycles. The van der Waals surface area contributed by atoms with Gasteiger partial charge in [0, 0.05) is 12.5 Å². The van der Waals surface area contributed by atoms with Crippen molar-refractivity contribution in [2.24, 2.45) is 0 Å². The molecule has 0 radical (unpaired) electrons. The fourth-order valence-electron chi connectivity index (χ4n) is 2.95. The van der Waals surface area contributed by atoms with Crippen LogP contribution in [0, 0.1) is 13.8 Å². The molecule has 0 spiro atoms. The number of oxazole rings is 1. The minimum atomic E-state index is -0.274. The minimum Gasteiger partial charge on any atom is -0.428 e. The van der Waals surface area contributed by atoms with E-state index in [4.69, 9.17) is 4.42 Å². The third kappa shape index (κ3) is 3.13. The Labute approximate surface area is 130 Å². The minimum absolute atomic E-state index is 0.247. The summed E-state index contributed by atoms with van der Waals surface area (Å²) in [5.41, 5.74) is 3.55. The van der Waals surface area contributed by atoms with Gasteiger partial charge in [-0.2, -0.15) is 4.98 Å². The lowest BCUT2D eigenvalue weighted by molar-refractivity contribution is 0.250. The van der Waals surface area contributed by atoms with Gasteiger partial charge in [0.25, 0.3) is 0 Å². The Morgan fingerprint density at radius 3 is 2.95 bits per heavy atom. The van der Waals surface area contributed by atoms with Crippen LogP contribution in [0.15, 0.2) is 28.7 Å². The van der Waals surface area contributed by atoms with Gasteiger partial charge in [0.1, 0.15) is 5.76 Å². The molecule has 1 atom stereocenters. The predicted molar refractivity (Wildman–Crippen MR) is 85.1 cm³/mol. The molecule has 2 N–H and O–H groups in total. The molecule has 0 fully saturated rings. The third-order valence-corrected chi connectivity index (χ3v) is 4.25. The van der Waals surface area contributed by atoms with E-state index in [2.05, 4.69) is 39.9 Å². The number of fused-ring (bicyclic) bond motifs is 1. The molecule has 0 aliphatic heterocycles. The van der Waals surface area contributed by atoms with Crippen LogP contribution < -0.4 is 10.6 Å². The number of benzene rings is 1. The number of nitrogens with zero attached hydrogens (tertiary/aromatic N) is 1. The average molecular weight is 299 g/mol. The van der Waals surface area contributed by atoms with Gasteiger partial charge in [-0.3, -0.25) is 5.32 Å². The number of anilines is 1. The molecule has 2 aromatic rings. The number of aryl methyl sites for hydroxylation is 3. The summed E-state index contributed by atoms with van der Waals surface area (Å²) in [6.45, 7) is 4.30. The van der Waals surface area contributed by atoms with E-state index >= 15 is 0 Å². The van der Waals surface area contributed by atoms with Gasteiger partial charge >= 0.3 is 12.0 Å². The Morgan fingerprint density at radius 2 is 2.18 bits per heavy atom. The Morgan fingerprint density at radius 1 is 1.36 bits per heavy atom. The van der Waals surface area contributed by atoms with Crippen LogP contribution in [-0.4, -0.2) is 17.6 Å². The molecule has 5 heteroatoms. The second-order valence-corrected chi connectivity index (χ2v) is 5.78. The zero-order chi connectivity index (χ0) is 15.5. The van der Waals surface area contributed by atoms with Crippen LogP contribution >= 0.6 is 0 Å². The van der Waals surface area contributed by atoms with Gasteiger partial charge in [-0.25, -0.2) is 4.79 Å². The van der Waals surface area contributed by atoms with Crippen molar-refractivity contribution in [3.8, 4) is 0 Å². The lowest BCUT2D eigenvalue weighted by Crippen LogP contribution is -2.33. The highest BCUT2D eigenvalue weighted by atomic mass is 16.4. The van der Waals surface area contributed by atoms with Crippen molar-refractivity contribution in [1.82, 2.24) is 10.3 Å². The van der Waals surface area contributed by atoms with Gasteiger partial charge < -0.3 is 9.73 Å². The van der Waals surface area contributed by atoms with E-state index in [0.29, 0.717) is 12.5 Å². The van der Waals surface area contributed by atoms with Gasteiger partial charge in [-0.05, 0) is 44.2 Å². The Hall–Kier alpha value is -2.30. The summed E-state index contributed by atoms with van der Waals surface area (Å²) in [6.07, 6.45) is 3.41. The summed E-state index contributed by atoms with van der Waals surface area (Å²) in [4.78, 5) is 16.1. The summed E-state index contributed by atoms with van der Waals surface area (Å²) in [5.74, 6) is 1.10. The molecule has 3 rings (SSSR count). The highest BCUT2D eigenvalue weighted by molar-refractivity contribution is 5.87. The number of rotatable bonds is 3. The third-order valence-electron chi connectivity index (χ3n) is 4.25. The molecule has 1 aliphatic carbocycles. The highest BCUT2D eigenvalue weighted by Gasteiger charge is 2.20. The summed E-state index contributed by atoms with van der Waals surface area (Å²) >= 11 is 0. The predicted octanol–water partition coefficient (Wildman–Crippen LogP) is 3.53. The Balaban J connectivity index is 1.58. The first-order chi connectivity index (χ1) is 10.6. The number of hydrogen-bond donors (Lipinski definition) is 2. The van der Waals surface area contributed by atoms with Crippen molar-refractivity contribution in [2.75, 3.05) is 11.9 Å². The maximum absolute atomic E-state index is 12.0. The first-order valence-corrected chi connectivity index (χ1v) is 7.70. The molecule has 1 unspecified atom stereocenters. The fraction of sp³-hybridized carbons (Fsp3) is 0.412. The Kier molecular flexibility index (Phi) is 4.13. The van der Waals surface area contributed by atoms with Crippen molar-refractivity contribution >= 4 is 12.0 Å². The molecular weight excluding hydrogens is 278 g/mol. The number of urea groups is 1. The zero-order valence-corrected chi connectivity index (χ0v) is 13.0. The summed E-state index contributed by atoms with van der Waals surface area (Å²) in [5, 5.41) is 5.56. The van der Waals surface area contributed by atoms with E-state index < -0.39 is 0 Å². The summed E-state index contributed by atoms with van der Waals surface area (Å²) in [7, 11) is 0. The highest BCUT2D eigenvalue weighted by Crippen LogP contribution is 2.30. The number of amides is 2. The lowest BCUT2D eigenvalue weighted by atomic mass is 9.83. The SMILES string of the molecule is Cc1nc(NC(=O)NCC2CCCc3ccccc32)oc1C. The molecule has 1 aromatic carbocycles. The molecule has 0 saturated heterocycles. The number of nitrogens with one attached hydrogen (secondary N) is 2. The van der Waals surface area contributed by atoms with Crippen molar-refractivity contribution in [1.29, 1.82) is 0 Å². The molecule has 116 valence electrons. The Bertz CT molecular complexity index is 659. The molecular formula is C17H21N3O2. The van der Waals surface area contributed by atoms with Crippen molar-refractivity contribution in [2.45, 2.75) is 39.0 Å². The normalized spacial score (nSPS) is 16.9. The molecule has 5 nitrogen and oxygen atoms in total. The van der Waals surface area contributed by atoms with Crippen LogP contribution in [0.25, 0.3) is 0 Å². The molecule has 22 heavy (non-hydrogen) atoms. The monoisotopic (exact) mass is 299 g/mol. The summed E-state index contributed by atoms with van der Waals surface area (Å²) < 4.78 is 5.35. The average Bonchev–Trinajstić information content (AvgIpc) is 2.83. The number of carbonyl (C=O) groups excluding carboxylic acids is 1. The van der Waals surface area contributed by atoms with E-state index in [0.717, 1.165) is 24.3 Å². The maximum Gasteiger partial charge on any atom is 0.322 e. The first kappa shape index (κ1) is 14.6. The van der Waals surface area contributed by atoms with E-state index in [-0.39, 0.29) is 12.0 Å². The van der Waals surface area contributed by atoms with Crippen molar-refractivity contribution in [3.05, 3.63) is 46.8 Å². The van der Waals surface area contributed by atoms with Gasteiger partial charge in [0.2, 0.25) is 0 Å². The standard InChI is InChI=1S/C17H21N3O2/c1-11-12(2)22-17(19-11)20-16(21)18-10-14-8-5-7-13-6-3-4-9-15(13)14/h3-4,6,9,14H,5,7-8,10H2,1-2H3,(H2,18,19,20,21). The van der Waals surface area contributed by atoms with E-state index in [1.54, 1.807) is 0 Å². The molecule has 1 heterocycles. The summed E-state index contributed by atoms with van der Waals surface area (Å²) in [6, 6.07) is 8.46. The maximum atomic E-state index is 12.0. The second kappa shape index (κ2) is 6.22. The van der Waals surface area contributed by atoms with Gasteiger partial charge in [0.15, 0.2) is 0 Å². The molecule has 0 bridgehead atoms. The fourth-order valence-corrected chi connectivity index (χ4v) is 2.95. The van der Waals surface area contributed by atoms with Gasteiger partial charge in [-0.15, -0.1) is 0 Å². The second-order valence-electron chi connectivity index (χ2n) is 5.78. The lowest BCUT2D eigenvalue weighted by Gasteiger charge is -2.25. The smallest absolute Gasteiger partial charge is 0.322 e. The van der Waals surface area contributed by atoms with E-state index in [1.807, 2.05) is 13.8 Å². The number of carbonyl (C=O) groups is 1. The van der Waals surface area contributed by atoms with Gasteiger partial charge in [-0.1, -0.05) is 24.3 Å². The number of hydrogen-bond acceptors (Lipinski definition) is 3. The van der Waals surface area contributed by atoms with E-state index in [9.17, 15) is 4.79 Å². The van der Waals surface area contributed by atoms with Crippen molar-refractivity contribution in [3.63, 3.8) is 0 Å². The van der Waals surface area contributed by atoms with Crippen LogP contribution in [0.4, 0.5) is 10.8 Å². The largest absolute Gasteiger partial charge is 0.428 e. The molecule has 2 amide bonds. The van der Waals surface area contributed by atoms with Crippen LogP contribution in [0.3, 0.4) is 0 Å². The van der Waals surface area contributed by atoms with Crippen LogP contribution in [0.5, 0.6) is 0 Å². The quantitative estimate of drug-likeness (QED) is 0.911. The van der Waals surface area contributed by atoms with Crippen molar-refractivity contribution < 1.29 is 9.21 Å². The molecule has 1 aliphatic rings. The van der Waals surface area contributed by atoms with Crippen LogP contribution in [0.1, 0.15) is 41.3 Å². The van der Waals surface area contributed by atoms with E-state index in [1.165, 1.54) is 17.5 Å². The zero-order valence-electron chi connectivity index (χ0n) is 13.0. The first-order valence-electron chi connectivity index (χ1n) is 7.70. The number of aromatic nitrogens is 1. The van der Waals surface area contributed by atoms with Crippen LogP contribution in [0.2, 0.25) is 0 Å². The molecule has 1 aromatic heterocycles. The topological polar surface area (TPSA) is 67.2 Å². The van der Waals surface area contributed by atoms with Gasteiger partial charge in [0.05, 0.1) is 5.69 Å².